The molecule has 1 aromatic carbocycles. The number of hydrogen-bond acceptors (Lipinski definition) is 2. The van der Waals surface area contributed by atoms with E-state index in [1.54, 1.807) is 6.26 Å². The molecule has 1 unspecified atom stereocenters. The summed E-state index contributed by atoms with van der Waals surface area (Å²) in [5.41, 5.74) is 0.718. The predicted octanol–water partition coefficient (Wildman–Crippen LogP) is 5.27. The van der Waals surface area contributed by atoms with E-state index in [2.05, 4.69) is 28.2 Å². The van der Waals surface area contributed by atoms with Crippen molar-refractivity contribution in [2.24, 2.45) is 0 Å². The number of furan rings is 1. The topological polar surface area (TPSA) is 25.2 Å². The van der Waals surface area contributed by atoms with Gasteiger partial charge in [0.15, 0.2) is 0 Å². The number of aryl methyl sites for hydroxylation is 1. The lowest BCUT2D eigenvalue weighted by Gasteiger charge is -2.17. The average Bonchev–Trinajstić information content (AvgIpc) is 2.84. The molecule has 1 atom stereocenters. The van der Waals surface area contributed by atoms with Crippen LogP contribution in [0.3, 0.4) is 0 Å². The van der Waals surface area contributed by atoms with Crippen LogP contribution in [0.25, 0.3) is 0 Å². The van der Waals surface area contributed by atoms with E-state index in [0.717, 1.165) is 24.3 Å². The van der Waals surface area contributed by atoms with Crippen LogP contribution < -0.4 is 5.32 Å². The lowest BCUT2D eigenvalue weighted by atomic mass is 10.1. The monoisotopic (exact) mass is 345 g/mol. The number of anilines is 1. The first kappa shape index (κ1) is 14.4. The summed E-state index contributed by atoms with van der Waals surface area (Å²) >= 11 is 9.34. The standard InChI is InChI=1S/C14H14BrClFNO/c1-9(4-5-11-3-2-6-19-11)18-14-12(15)7-10(17)8-13(14)16/h2-3,6-9,18H,4-5H2,1H3. The minimum absolute atomic E-state index is 0.198. The maximum atomic E-state index is 13.1. The van der Waals surface area contributed by atoms with Crippen LogP contribution in [-0.4, -0.2) is 6.04 Å². The Morgan fingerprint density at radius 1 is 1.47 bits per heavy atom. The summed E-state index contributed by atoms with van der Waals surface area (Å²) in [4.78, 5) is 0. The molecule has 1 N–H and O–H groups in total. The van der Waals surface area contributed by atoms with Crippen molar-refractivity contribution in [2.75, 3.05) is 5.32 Å². The number of nitrogens with one attached hydrogen (secondary N) is 1. The van der Waals surface area contributed by atoms with Gasteiger partial charge in [0, 0.05) is 16.9 Å². The summed E-state index contributed by atoms with van der Waals surface area (Å²) in [6.45, 7) is 2.05. The van der Waals surface area contributed by atoms with E-state index in [1.807, 2.05) is 12.1 Å². The molecule has 2 nitrogen and oxygen atoms in total. The maximum absolute atomic E-state index is 13.1. The van der Waals surface area contributed by atoms with E-state index in [0.29, 0.717) is 9.50 Å². The third-order valence-electron chi connectivity index (χ3n) is 2.80. The molecule has 2 rings (SSSR count). The minimum Gasteiger partial charge on any atom is -0.469 e. The van der Waals surface area contributed by atoms with E-state index in [1.165, 1.54) is 12.1 Å². The molecule has 0 fully saturated rings. The second-order valence-electron chi connectivity index (χ2n) is 4.41. The molecule has 19 heavy (non-hydrogen) atoms. The molecule has 1 aromatic heterocycles. The van der Waals surface area contributed by atoms with Crippen molar-refractivity contribution in [1.82, 2.24) is 0 Å². The van der Waals surface area contributed by atoms with Crippen LogP contribution in [0.15, 0.2) is 39.4 Å². The van der Waals surface area contributed by atoms with E-state index < -0.39 is 0 Å². The normalized spacial score (nSPS) is 12.4. The van der Waals surface area contributed by atoms with Crippen molar-refractivity contribution in [2.45, 2.75) is 25.8 Å². The van der Waals surface area contributed by atoms with E-state index >= 15 is 0 Å². The van der Waals surface area contributed by atoms with E-state index in [-0.39, 0.29) is 11.9 Å². The molecule has 1 heterocycles. The zero-order valence-electron chi connectivity index (χ0n) is 10.4. The number of benzene rings is 1. The van der Waals surface area contributed by atoms with E-state index in [9.17, 15) is 4.39 Å². The van der Waals surface area contributed by atoms with Gasteiger partial charge in [-0.05, 0) is 53.5 Å². The Hall–Kier alpha value is -1.000. The van der Waals surface area contributed by atoms with Crippen LogP contribution in [-0.2, 0) is 6.42 Å². The fourth-order valence-corrected chi connectivity index (χ4v) is 2.73. The first-order valence-corrected chi connectivity index (χ1v) is 7.17. The third kappa shape index (κ3) is 3.98. The smallest absolute Gasteiger partial charge is 0.125 e. The summed E-state index contributed by atoms with van der Waals surface area (Å²) in [5, 5.41) is 3.65. The van der Waals surface area contributed by atoms with Gasteiger partial charge >= 0.3 is 0 Å². The van der Waals surface area contributed by atoms with E-state index in [4.69, 9.17) is 16.0 Å². The molecule has 0 aliphatic rings. The summed E-state index contributed by atoms with van der Waals surface area (Å²) in [7, 11) is 0. The highest BCUT2D eigenvalue weighted by atomic mass is 79.9. The summed E-state index contributed by atoms with van der Waals surface area (Å²) in [5.74, 6) is 0.601. The highest BCUT2D eigenvalue weighted by Gasteiger charge is 2.11. The molecule has 0 saturated heterocycles. The van der Waals surface area contributed by atoms with Crippen LogP contribution in [0.1, 0.15) is 19.1 Å². The van der Waals surface area contributed by atoms with Crippen LogP contribution >= 0.6 is 27.5 Å². The molecular weight excluding hydrogens is 333 g/mol. The van der Waals surface area contributed by atoms with Crippen molar-refractivity contribution in [1.29, 1.82) is 0 Å². The second kappa shape index (κ2) is 6.44. The average molecular weight is 347 g/mol. The Kier molecular flexibility index (Phi) is 4.88. The summed E-state index contributed by atoms with van der Waals surface area (Å²) in [6, 6.07) is 6.72. The first-order chi connectivity index (χ1) is 9.06. The van der Waals surface area contributed by atoms with Gasteiger partial charge in [0.1, 0.15) is 11.6 Å². The van der Waals surface area contributed by atoms with Crippen molar-refractivity contribution >= 4 is 33.2 Å². The van der Waals surface area contributed by atoms with Crippen molar-refractivity contribution in [3.63, 3.8) is 0 Å². The van der Waals surface area contributed by atoms with Gasteiger partial charge in [0.05, 0.1) is 17.0 Å². The number of hydrogen-bond donors (Lipinski definition) is 1. The van der Waals surface area contributed by atoms with Gasteiger partial charge < -0.3 is 9.73 Å². The highest BCUT2D eigenvalue weighted by molar-refractivity contribution is 9.10. The molecule has 0 radical (unpaired) electrons. The zero-order valence-corrected chi connectivity index (χ0v) is 12.8. The Morgan fingerprint density at radius 2 is 2.26 bits per heavy atom. The van der Waals surface area contributed by atoms with Crippen molar-refractivity contribution in [3.8, 4) is 0 Å². The van der Waals surface area contributed by atoms with Crippen molar-refractivity contribution < 1.29 is 8.81 Å². The quantitative estimate of drug-likeness (QED) is 0.798. The van der Waals surface area contributed by atoms with Gasteiger partial charge in [-0.2, -0.15) is 0 Å². The molecular formula is C14H14BrClFNO. The van der Waals surface area contributed by atoms with Gasteiger partial charge in [-0.1, -0.05) is 11.6 Å². The van der Waals surface area contributed by atoms with Crippen LogP contribution in [0.4, 0.5) is 10.1 Å². The Bertz CT molecular complexity index is 521. The van der Waals surface area contributed by atoms with Gasteiger partial charge in [-0.25, -0.2) is 4.39 Å². The molecule has 102 valence electrons. The van der Waals surface area contributed by atoms with Crippen LogP contribution in [0, 0.1) is 5.82 Å². The fourth-order valence-electron chi connectivity index (χ4n) is 1.81. The molecule has 0 bridgehead atoms. The highest BCUT2D eigenvalue weighted by Crippen LogP contribution is 2.32. The first-order valence-electron chi connectivity index (χ1n) is 5.99. The molecule has 0 amide bonds. The molecule has 2 aromatic rings. The second-order valence-corrected chi connectivity index (χ2v) is 5.67. The number of halogens is 3. The Morgan fingerprint density at radius 3 is 2.89 bits per heavy atom. The Balaban J connectivity index is 1.97. The summed E-state index contributed by atoms with van der Waals surface area (Å²) in [6.07, 6.45) is 3.41. The fraction of sp³-hybridized carbons (Fsp3) is 0.286. The predicted molar refractivity (Wildman–Crippen MR) is 79.2 cm³/mol. The lowest BCUT2D eigenvalue weighted by molar-refractivity contribution is 0.495. The summed E-state index contributed by atoms with van der Waals surface area (Å²) < 4.78 is 19.0. The molecule has 0 aliphatic carbocycles. The lowest BCUT2D eigenvalue weighted by Crippen LogP contribution is -2.16. The number of rotatable bonds is 5. The Labute approximate surface area is 125 Å². The molecule has 5 heteroatoms. The van der Waals surface area contributed by atoms with Gasteiger partial charge in [0.2, 0.25) is 0 Å². The van der Waals surface area contributed by atoms with Crippen molar-refractivity contribution in [3.05, 3.63) is 51.6 Å². The minimum atomic E-state index is -0.356. The molecule has 0 spiro atoms. The van der Waals surface area contributed by atoms with Gasteiger partial charge in [-0.3, -0.25) is 0 Å². The third-order valence-corrected chi connectivity index (χ3v) is 3.72. The molecule has 0 saturated carbocycles. The van der Waals surface area contributed by atoms with Gasteiger partial charge in [-0.15, -0.1) is 0 Å². The molecule has 0 aliphatic heterocycles. The van der Waals surface area contributed by atoms with Crippen LogP contribution in [0.2, 0.25) is 5.02 Å². The van der Waals surface area contributed by atoms with Gasteiger partial charge in [0.25, 0.3) is 0 Å². The maximum Gasteiger partial charge on any atom is 0.125 e. The van der Waals surface area contributed by atoms with Crippen LogP contribution in [0.5, 0.6) is 0 Å². The SMILES string of the molecule is CC(CCc1ccco1)Nc1c(Cl)cc(F)cc1Br. The largest absolute Gasteiger partial charge is 0.469 e. The zero-order chi connectivity index (χ0) is 13.8.